The maximum absolute atomic E-state index is 5.82. The van der Waals surface area contributed by atoms with E-state index in [1.54, 1.807) is 0 Å². The summed E-state index contributed by atoms with van der Waals surface area (Å²) in [6.07, 6.45) is 3.77. The molecule has 0 spiro atoms. The standard InChI is InChI=1S/C16H21N3O2/c1-11(2)15-9-14(6-7-20-15)18-13-5-3-4-12(8-13)16-19-17-10-21-16/h3-5,8,10-11,14-15,18H,6-7,9H2,1-2H3. The normalized spacial score (nSPS) is 22.4. The van der Waals surface area contributed by atoms with Gasteiger partial charge in [-0.3, -0.25) is 0 Å². The van der Waals surface area contributed by atoms with Gasteiger partial charge in [-0.25, -0.2) is 0 Å². The number of anilines is 1. The molecule has 1 N–H and O–H groups in total. The Morgan fingerprint density at radius 2 is 2.24 bits per heavy atom. The first-order chi connectivity index (χ1) is 10.2. The lowest BCUT2D eigenvalue weighted by Crippen LogP contribution is -2.36. The molecule has 21 heavy (non-hydrogen) atoms. The molecule has 1 aromatic carbocycles. The van der Waals surface area contributed by atoms with E-state index in [1.807, 2.05) is 18.2 Å². The van der Waals surface area contributed by atoms with Crippen LogP contribution < -0.4 is 5.32 Å². The number of nitrogens with one attached hydrogen (secondary N) is 1. The Morgan fingerprint density at radius 3 is 3.00 bits per heavy atom. The molecule has 2 heterocycles. The highest BCUT2D eigenvalue weighted by Gasteiger charge is 2.24. The Kier molecular flexibility index (Phi) is 4.20. The summed E-state index contributed by atoms with van der Waals surface area (Å²) < 4.78 is 11.1. The molecule has 112 valence electrons. The molecule has 5 heteroatoms. The number of nitrogens with zero attached hydrogens (tertiary/aromatic N) is 2. The van der Waals surface area contributed by atoms with Gasteiger partial charge in [0.15, 0.2) is 0 Å². The van der Waals surface area contributed by atoms with E-state index in [4.69, 9.17) is 9.15 Å². The van der Waals surface area contributed by atoms with E-state index in [2.05, 4.69) is 35.4 Å². The number of hydrogen-bond donors (Lipinski definition) is 1. The topological polar surface area (TPSA) is 60.2 Å². The first-order valence-electron chi connectivity index (χ1n) is 7.47. The smallest absolute Gasteiger partial charge is 0.247 e. The summed E-state index contributed by atoms with van der Waals surface area (Å²) in [6.45, 7) is 5.25. The summed E-state index contributed by atoms with van der Waals surface area (Å²) in [5.74, 6) is 1.10. The summed E-state index contributed by atoms with van der Waals surface area (Å²) in [4.78, 5) is 0. The van der Waals surface area contributed by atoms with Crippen LogP contribution in [-0.2, 0) is 4.74 Å². The average Bonchev–Trinajstić information content (AvgIpc) is 3.02. The van der Waals surface area contributed by atoms with Crippen molar-refractivity contribution in [2.45, 2.75) is 38.8 Å². The fourth-order valence-electron chi connectivity index (χ4n) is 2.70. The SMILES string of the molecule is CC(C)C1CC(Nc2cccc(-c3nnco3)c2)CCO1. The predicted molar refractivity (Wildman–Crippen MR) is 81.0 cm³/mol. The van der Waals surface area contributed by atoms with Crippen LogP contribution in [0, 0.1) is 5.92 Å². The molecule has 0 aliphatic carbocycles. The van der Waals surface area contributed by atoms with Gasteiger partial charge in [0.25, 0.3) is 0 Å². The van der Waals surface area contributed by atoms with E-state index in [9.17, 15) is 0 Å². The summed E-state index contributed by atoms with van der Waals surface area (Å²) in [6, 6.07) is 8.54. The number of benzene rings is 1. The zero-order chi connectivity index (χ0) is 14.7. The molecule has 2 aromatic rings. The lowest BCUT2D eigenvalue weighted by atomic mass is 9.95. The maximum atomic E-state index is 5.82. The predicted octanol–water partition coefficient (Wildman–Crippen LogP) is 3.35. The lowest BCUT2D eigenvalue weighted by Gasteiger charge is -2.33. The molecular formula is C16H21N3O2. The Morgan fingerprint density at radius 1 is 1.33 bits per heavy atom. The van der Waals surface area contributed by atoms with E-state index >= 15 is 0 Å². The molecule has 1 fully saturated rings. The molecule has 0 amide bonds. The van der Waals surface area contributed by atoms with Crippen LogP contribution in [0.5, 0.6) is 0 Å². The molecule has 0 radical (unpaired) electrons. The van der Waals surface area contributed by atoms with Crippen LogP contribution in [0.1, 0.15) is 26.7 Å². The zero-order valence-electron chi connectivity index (χ0n) is 12.5. The van der Waals surface area contributed by atoms with Gasteiger partial charge in [-0.2, -0.15) is 0 Å². The minimum Gasteiger partial charge on any atom is -0.423 e. The quantitative estimate of drug-likeness (QED) is 0.934. The average molecular weight is 287 g/mol. The van der Waals surface area contributed by atoms with Crippen LogP contribution >= 0.6 is 0 Å². The molecule has 0 saturated carbocycles. The Bertz CT molecular complexity index is 569. The fourth-order valence-corrected chi connectivity index (χ4v) is 2.70. The van der Waals surface area contributed by atoms with Crippen LogP contribution in [0.25, 0.3) is 11.5 Å². The lowest BCUT2D eigenvalue weighted by molar-refractivity contribution is -0.0160. The zero-order valence-corrected chi connectivity index (χ0v) is 12.5. The van der Waals surface area contributed by atoms with Gasteiger partial charge >= 0.3 is 0 Å². The van der Waals surface area contributed by atoms with Crippen molar-refractivity contribution in [3.05, 3.63) is 30.7 Å². The van der Waals surface area contributed by atoms with E-state index < -0.39 is 0 Å². The largest absolute Gasteiger partial charge is 0.423 e. The second-order valence-corrected chi connectivity index (χ2v) is 5.84. The molecule has 2 unspecified atom stereocenters. The molecule has 0 bridgehead atoms. The highest BCUT2D eigenvalue weighted by Crippen LogP contribution is 2.25. The van der Waals surface area contributed by atoms with Crippen molar-refractivity contribution >= 4 is 5.69 Å². The minimum atomic E-state index is 0.343. The van der Waals surface area contributed by atoms with Crippen molar-refractivity contribution < 1.29 is 9.15 Å². The first kappa shape index (κ1) is 14.1. The van der Waals surface area contributed by atoms with Gasteiger partial charge in [-0.05, 0) is 37.0 Å². The van der Waals surface area contributed by atoms with Crippen LogP contribution in [0.15, 0.2) is 35.1 Å². The molecule has 5 nitrogen and oxygen atoms in total. The Labute approximate surface area is 124 Å². The number of aromatic nitrogens is 2. The van der Waals surface area contributed by atoms with Crippen molar-refractivity contribution in [2.75, 3.05) is 11.9 Å². The third-order valence-corrected chi connectivity index (χ3v) is 3.90. The highest BCUT2D eigenvalue weighted by atomic mass is 16.5. The van der Waals surface area contributed by atoms with Crippen LogP contribution in [-0.4, -0.2) is 29.0 Å². The summed E-state index contributed by atoms with van der Waals surface area (Å²) in [5.41, 5.74) is 2.02. The van der Waals surface area contributed by atoms with Gasteiger partial charge in [0.2, 0.25) is 12.3 Å². The van der Waals surface area contributed by atoms with Crippen molar-refractivity contribution in [3.63, 3.8) is 0 Å². The molecule has 1 aliphatic heterocycles. The maximum Gasteiger partial charge on any atom is 0.247 e. The second kappa shape index (κ2) is 6.26. The summed E-state index contributed by atoms with van der Waals surface area (Å²) >= 11 is 0. The monoisotopic (exact) mass is 287 g/mol. The molecule has 3 rings (SSSR count). The molecule has 1 aromatic heterocycles. The highest BCUT2D eigenvalue weighted by molar-refractivity contribution is 5.61. The fraction of sp³-hybridized carbons (Fsp3) is 0.500. The number of hydrogen-bond acceptors (Lipinski definition) is 5. The summed E-state index contributed by atoms with van der Waals surface area (Å²) in [5, 5.41) is 11.3. The van der Waals surface area contributed by atoms with Gasteiger partial charge in [0.1, 0.15) is 0 Å². The first-order valence-corrected chi connectivity index (χ1v) is 7.47. The van der Waals surface area contributed by atoms with E-state index in [0.717, 1.165) is 30.7 Å². The van der Waals surface area contributed by atoms with E-state index in [1.165, 1.54) is 6.39 Å². The van der Waals surface area contributed by atoms with Gasteiger partial charge in [-0.15, -0.1) is 10.2 Å². The van der Waals surface area contributed by atoms with Gasteiger partial charge in [0.05, 0.1) is 6.10 Å². The molecular weight excluding hydrogens is 266 g/mol. The van der Waals surface area contributed by atoms with Crippen LogP contribution in [0.4, 0.5) is 5.69 Å². The van der Waals surface area contributed by atoms with E-state index in [0.29, 0.717) is 24.0 Å². The molecule has 1 saturated heterocycles. The van der Waals surface area contributed by atoms with Crippen molar-refractivity contribution in [1.29, 1.82) is 0 Å². The van der Waals surface area contributed by atoms with Gasteiger partial charge < -0.3 is 14.5 Å². The van der Waals surface area contributed by atoms with Crippen molar-refractivity contribution in [2.24, 2.45) is 5.92 Å². The van der Waals surface area contributed by atoms with Crippen molar-refractivity contribution in [1.82, 2.24) is 10.2 Å². The van der Waals surface area contributed by atoms with Gasteiger partial charge in [-0.1, -0.05) is 19.9 Å². The third-order valence-electron chi connectivity index (χ3n) is 3.90. The van der Waals surface area contributed by atoms with Gasteiger partial charge in [0, 0.05) is 23.9 Å². The number of rotatable bonds is 4. The molecule has 1 aliphatic rings. The van der Waals surface area contributed by atoms with Crippen molar-refractivity contribution in [3.8, 4) is 11.5 Å². The van der Waals surface area contributed by atoms with Crippen LogP contribution in [0.3, 0.4) is 0 Å². The molecule has 2 atom stereocenters. The van der Waals surface area contributed by atoms with E-state index in [-0.39, 0.29) is 0 Å². The summed E-state index contributed by atoms with van der Waals surface area (Å²) in [7, 11) is 0. The third kappa shape index (κ3) is 3.42. The Hall–Kier alpha value is -1.88. The Balaban J connectivity index is 1.69. The second-order valence-electron chi connectivity index (χ2n) is 5.84. The van der Waals surface area contributed by atoms with Crippen LogP contribution in [0.2, 0.25) is 0 Å². The minimum absolute atomic E-state index is 0.343. The number of ether oxygens (including phenoxy) is 1.